The molecule has 2 aromatic rings. The molecule has 3 atom stereocenters. The molecule has 29 heavy (non-hydrogen) atoms. The fraction of sp³-hybridized carbons (Fsp3) is 0.417. The van der Waals surface area contributed by atoms with E-state index in [1.807, 2.05) is 62.9 Å². The third-order valence-electron chi connectivity index (χ3n) is 5.94. The second-order valence-electron chi connectivity index (χ2n) is 8.72. The van der Waals surface area contributed by atoms with Crippen molar-refractivity contribution in [1.82, 2.24) is 10.2 Å². The van der Waals surface area contributed by atoms with Crippen molar-refractivity contribution < 1.29 is 14.3 Å². The topological polar surface area (TPSA) is 58.6 Å². The van der Waals surface area contributed by atoms with E-state index in [0.29, 0.717) is 5.56 Å². The molecule has 0 spiro atoms. The van der Waals surface area contributed by atoms with Crippen molar-refractivity contribution in [1.29, 1.82) is 0 Å². The molecule has 0 unspecified atom stereocenters. The maximum absolute atomic E-state index is 13.8. The average Bonchev–Trinajstić information content (AvgIpc) is 3.16. The zero-order valence-electron chi connectivity index (χ0n) is 17.4. The molecular formula is C24H28N2O3. The summed E-state index contributed by atoms with van der Waals surface area (Å²) in [6, 6.07) is 16.5. The molecule has 1 N–H and O–H groups in total. The smallest absolute Gasteiger partial charge is 0.251 e. The van der Waals surface area contributed by atoms with Crippen LogP contribution in [0.4, 0.5) is 0 Å². The Kier molecular flexibility index (Phi) is 4.95. The molecule has 2 amide bonds. The number of carbonyl (C=O) groups is 2. The highest BCUT2D eigenvalue weighted by atomic mass is 16.5. The van der Waals surface area contributed by atoms with E-state index in [9.17, 15) is 9.59 Å². The molecular weight excluding hydrogens is 364 g/mol. The Morgan fingerprint density at radius 2 is 1.72 bits per heavy atom. The number of benzene rings is 2. The lowest BCUT2D eigenvalue weighted by molar-refractivity contribution is -0.151. The van der Waals surface area contributed by atoms with Gasteiger partial charge in [0, 0.05) is 12.0 Å². The molecule has 1 aliphatic carbocycles. The van der Waals surface area contributed by atoms with E-state index in [-0.39, 0.29) is 29.9 Å². The molecule has 2 aromatic carbocycles. The minimum absolute atomic E-state index is 0.0519. The van der Waals surface area contributed by atoms with E-state index in [1.54, 1.807) is 12.1 Å². The second kappa shape index (κ2) is 7.30. The largest absolute Gasteiger partial charge is 0.350 e. The quantitative estimate of drug-likeness (QED) is 0.863. The first kappa shape index (κ1) is 19.6. The Morgan fingerprint density at radius 1 is 1.07 bits per heavy atom. The minimum Gasteiger partial charge on any atom is -0.350 e. The number of hydrogen-bond acceptors (Lipinski definition) is 3. The molecule has 0 bridgehead atoms. The highest BCUT2D eigenvalue weighted by molar-refractivity contribution is 5.97. The summed E-state index contributed by atoms with van der Waals surface area (Å²) >= 11 is 0. The Hall–Kier alpha value is -2.66. The maximum Gasteiger partial charge on any atom is 0.251 e. The van der Waals surface area contributed by atoms with Gasteiger partial charge in [0.25, 0.3) is 5.91 Å². The second-order valence-corrected chi connectivity index (χ2v) is 8.72. The lowest BCUT2D eigenvalue weighted by Gasteiger charge is -2.37. The van der Waals surface area contributed by atoms with Gasteiger partial charge in [-0.2, -0.15) is 0 Å². The van der Waals surface area contributed by atoms with Gasteiger partial charge < -0.3 is 15.0 Å². The summed E-state index contributed by atoms with van der Waals surface area (Å²) in [4.78, 5) is 28.4. The van der Waals surface area contributed by atoms with Gasteiger partial charge in [-0.05, 0) is 43.0 Å². The predicted octanol–water partition coefficient (Wildman–Crippen LogP) is 3.70. The number of rotatable bonds is 4. The Balaban J connectivity index is 1.64. The molecule has 5 nitrogen and oxygen atoms in total. The van der Waals surface area contributed by atoms with Crippen LogP contribution >= 0.6 is 0 Å². The summed E-state index contributed by atoms with van der Waals surface area (Å²) in [6.45, 7) is 7.78. The van der Waals surface area contributed by atoms with E-state index >= 15 is 0 Å². The molecule has 1 heterocycles. The zero-order chi connectivity index (χ0) is 20.8. The van der Waals surface area contributed by atoms with E-state index in [0.717, 1.165) is 12.0 Å². The van der Waals surface area contributed by atoms with Crippen molar-refractivity contribution in [3.8, 4) is 0 Å². The minimum atomic E-state index is -0.732. The Bertz CT molecular complexity index is 923. The van der Waals surface area contributed by atoms with Crippen LogP contribution in [0.3, 0.4) is 0 Å². The Morgan fingerprint density at radius 3 is 2.41 bits per heavy atom. The van der Waals surface area contributed by atoms with Crippen LogP contribution in [0.2, 0.25) is 0 Å². The zero-order valence-corrected chi connectivity index (χ0v) is 17.4. The summed E-state index contributed by atoms with van der Waals surface area (Å²) in [7, 11) is 0. The molecule has 2 aliphatic rings. The van der Waals surface area contributed by atoms with E-state index in [1.165, 1.54) is 5.56 Å². The number of nitrogens with one attached hydrogen (secondary N) is 1. The number of hydrogen-bond donors (Lipinski definition) is 1. The molecule has 5 heteroatoms. The molecule has 1 fully saturated rings. The van der Waals surface area contributed by atoms with Crippen LogP contribution in [0.25, 0.3) is 0 Å². The molecule has 0 radical (unpaired) electrons. The van der Waals surface area contributed by atoms with Crippen molar-refractivity contribution in [2.75, 3.05) is 0 Å². The van der Waals surface area contributed by atoms with Gasteiger partial charge in [-0.15, -0.1) is 0 Å². The van der Waals surface area contributed by atoms with Crippen molar-refractivity contribution in [3.63, 3.8) is 0 Å². The monoisotopic (exact) mass is 392 g/mol. The lowest BCUT2D eigenvalue weighted by Crippen LogP contribution is -2.55. The van der Waals surface area contributed by atoms with E-state index < -0.39 is 11.8 Å². The SMILES string of the molecule is CC(C)[C@@H](NC(=O)c1ccccc1)C(=O)N1[C@H]2c3ccccc3C[C@H]2OC1(C)C. The highest BCUT2D eigenvalue weighted by Crippen LogP contribution is 2.48. The Labute approximate surface area is 172 Å². The molecule has 0 saturated carbocycles. The summed E-state index contributed by atoms with van der Waals surface area (Å²) in [6.07, 6.45) is 0.750. The van der Waals surface area contributed by atoms with Crippen LogP contribution in [0, 0.1) is 5.92 Å². The third kappa shape index (κ3) is 3.44. The number of nitrogens with zero attached hydrogens (tertiary/aromatic N) is 1. The van der Waals surface area contributed by atoms with Crippen LogP contribution in [-0.2, 0) is 16.0 Å². The van der Waals surface area contributed by atoms with Crippen LogP contribution < -0.4 is 5.32 Å². The van der Waals surface area contributed by atoms with Gasteiger partial charge >= 0.3 is 0 Å². The third-order valence-corrected chi connectivity index (χ3v) is 5.94. The number of ether oxygens (including phenoxy) is 1. The molecule has 4 rings (SSSR count). The maximum atomic E-state index is 13.8. The van der Waals surface area contributed by atoms with Gasteiger partial charge in [0.1, 0.15) is 11.8 Å². The molecule has 152 valence electrons. The van der Waals surface area contributed by atoms with E-state index in [4.69, 9.17) is 4.74 Å². The average molecular weight is 392 g/mol. The van der Waals surface area contributed by atoms with Gasteiger partial charge in [-0.25, -0.2) is 0 Å². The normalized spacial score (nSPS) is 22.9. The fourth-order valence-corrected chi connectivity index (χ4v) is 4.59. The van der Waals surface area contributed by atoms with E-state index in [2.05, 4.69) is 17.4 Å². The first-order valence-corrected chi connectivity index (χ1v) is 10.2. The molecule has 1 saturated heterocycles. The van der Waals surface area contributed by atoms with Crippen molar-refractivity contribution in [2.24, 2.45) is 5.92 Å². The highest BCUT2D eigenvalue weighted by Gasteiger charge is 2.54. The number of fused-ring (bicyclic) bond motifs is 3. The fourth-order valence-electron chi connectivity index (χ4n) is 4.59. The van der Waals surface area contributed by atoms with Crippen molar-refractivity contribution >= 4 is 11.8 Å². The van der Waals surface area contributed by atoms with Crippen LogP contribution in [-0.4, -0.2) is 34.6 Å². The standard InChI is InChI=1S/C24H28N2O3/c1-15(2)20(25-22(27)16-10-6-5-7-11-16)23(28)26-21-18-13-9-8-12-17(18)14-19(21)29-24(26,3)4/h5-13,15,19-21H,14H2,1-4H3,(H,25,27)/t19-,20-,21+/m1/s1. The van der Waals surface area contributed by atoms with Crippen molar-refractivity contribution in [3.05, 3.63) is 71.3 Å². The van der Waals surface area contributed by atoms with Gasteiger partial charge in [-0.1, -0.05) is 56.3 Å². The molecule has 0 aromatic heterocycles. The summed E-state index contributed by atoms with van der Waals surface area (Å²) in [5, 5.41) is 2.97. The summed E-state index contributed by atoms with van der Waals surface area (Å²) < 4.78 is 6.30. The lowest BCUT2D eigenvalue weighted by atomic mass is 9.98. The summed E-state index contributed by atoms with van der Waals surface area (Å²) in [5.41, 5.74) is 2.19. The van der Waals surface area contributed by atoms with Gasteiger partial charge in [0.05, 0.1) is 12.1 Å². The van der Waals surface area contributed by atoms with Gasteiger partial charge in [-0.3, -0.25) is 9.59 Å². The number of amides is 2. The van der Waals surface area contributed by atoms with Crippen LogP contribution in [0.15, 0.2) is 54.6 Å². The van der Waals surface area contributed by atoms with Crippen molar-refractivity contribution in [2.45, 2.75) is 58.0 Å². The van der Waals surface area contributed by atoms with Crippen LogP contribution in [0.5, 0.6) is 0 Å². The van der Waals surface area contributed by atoms with Gasteiger partial charge in [0.15, 0.2) is 0 Å². The first-order valence-electron chi connectivity index (χ1n) is 10.2. The molecule has 1 aliphatic heterocycles. The predicted molar refractivity (Wildman–Crippen MR) is 111 cm³/mol. The van der Waals surface area contributed by atoms with Crippen LogP contribution in [0.1, 0.15) is 55.2 Å². The number of carbonyl (C=O) groups excluding carboxylic acids is 2. The summed E-state index contributed by atoms with van der Waals surface area (Å²) in [5.74, 6) is -0.390. The first-order chi connectivity index (χ1) is 13.8. The van der Waals surface area contributed by atoms with Gasteiger partial charge in [0.2, 0.25) is 5.91 Å².